The minimum Gasteiger partial charge on any atom is -0.393 e. The van der Waals surface area contributed by atoms with Crippen LogP contribution in [-0.4, -0.2) is 11.2 Å². The van der Waals surface area contributed by atoms with E-state index in [4.69, 9.17) is 0 Å². The van der Waals surface area contributed by atoms with Crippen LogP contribution in [0.1, 0.15) is 99.3 Å². The Balaban J connectivity index is 1.22. The van der Waals surface area contributed by atoms with Crippen LogP contribution < -0.4 is 0 Å². The summed E-state index contributed by atoms with van der Waals surface area (Å²) in [6.07, 6.45) is 21.2. The van der Waals surface area contributed by atoms with E-state index in [0.717, 1.165) is 42.4 Å². The van der Waals surface area contributed by atoms with Crippen LogP contribution in [0.25, 0.3) is 6.08 Å². The quantitative estimate of drug-likeness (QED) is 0.539. The minimum absolute atomic E-state index is 0.000712. The second-order valence-electron chi connectivity index (χ2n) is 11.0. The molecular formula is C29H44O. The van der Waals surface area contributed by atoms with Crippen LogP contribution in [0.2, 0.25) is 0 Å². The van der Waals surface area contributed by atoms with Crippen molar-refractivity contribution in [2.75, 3.05) is 0 Å². The standard InChI is InChI=1S/C29H44O/c1-20-4-8-24(22(3)21(20)2)9-5-23-6-10-25(11-7-23)26-12-14-27(15-13-26)28-16-18-29(30)19-17-28/h4-5,8-9,23,25-30H,6-7,10-19H2,1-3H3/b9-5+. The van der Waals surface area contributed by atoms with E-state index < -0.39 is 0 Å². The third-order valence-electron chi connectivity index (χ3n) is 9.36. The van der Waals surface area contributed by atoms with Gasteiger partial charge in [-0.2, -0.15) is 0 Å². The lowest BCUT2D eigenvalue weighted by molar-refractivity contribution is 0.0678. The molecule has 0 unspecified atom stereocenters. The minimum atomic E-state index is 0.000712. The van der Waals surface area contributed by atoms with Crippen LogP contribution in [0.4, 0.5) is 0 Å². The third kappa shape index (κ3) is 5.21. The lowest BCUT2D eigenvalue weighted by Gasteiger charge is -2.40. The Bertz CT molecular complexity index is 708. The predicted molar refractivity (Wildman–Crippen MR) is 129 cm³/mol. The van der Waals surface area contributed by atoms with Gasteiger partial charge in [-0.15, -0.1) is 0 Å². The topological polar surface area (TPSA) is 20.2 Å². The lowest BCUT2D eigenvalue weighted by Crippen LogP contribution is -2.30. The van der Waals surface area contributed by atoms with Crippen LogP contribution in [0.15, 0.2) is 18.2 Å². The van der Waals surface area contributed by atoms with Crippen molar-refractivity contribution in [3.05, 3.63) is 40.5 Å². The summed E-state index contributed by atoms with van der Waals surface area (Å²) in [5.41, 5.74) is 5.71. The first-order valence-corrected chi connectivity index (χ1v) is 12.9. The Hall–Kier alpha value is -1.08. The Morgan fingerprint density at radius 2 is 1.10 bits per heavy atom. The molecule has 0 saturated heterocycles. The predicted octanol–water partition coefficient (Wildman–Crippen LogP) is 7.79. The van der Waals surface area contributed by atoms with Crippen LogP contribution in [0.3, 0.4) is 0 Å². The molecule has 0 heterocycles. The Morgan fingerprint density at radius 3 is 1.63 bits per heavy atom. The van der Waals surface area contributed by atoms with E-state index in [-0.39, 0.29) is 6.10 Å². The van der Waals surface area contributed by atoms with Gasteiger partial charge in [0, 0.05) is 0 Å². The summed E-state index contributed by atoms with van der Waals surface area (Å²) in [6.45, 7) is 6.73. The van der Waals surface area contributed by atoms with Gasteiger partial charge in [0.25, 0.3) is 0 Å². The number of benzene rings is 1. The fourth-order valence-electron chi connectivity index (χ4n) is 6.87. The molecule has 30 heavy (non-hydrogen) atoms. The van der Waals surface area contributed by atoms with Gasteiger partial charge in [0.15, 0.2) is 0 Å². The van der Waals surface area contributed by atoms with Crippen molar-refractivity contribution in [3.63, 3.8) is 0 Å². The smallest absolute Gasteiger partial charge is 0.0540 e. The molecule has 1 nitrogen and oxygen atoms in total. The van der Waals surface area contributed by atoms with Crippen molar-refractivity contribution in [3.8, 4) is 0 Å². The van der Waals surface area contributed by atoms with E-state index in [9.17, 15) is 5.11 Å². The number of aliphatic hydroxyl groups excluding tert-OH is 1. The highest BCUT2D eigenvalue weighted by molar-refractivity contribution is 5.57. The number of aryl methyl sites for hydroxylation is 1. The molecule has 166 valence electrons. The summed E-state index contributed by atoms with van der Waals surface area (Å²) in [6, 6.07) is 4.57. The summed E-state index contributed by atoms with van der Waals surface area (Å²) in [4.78, 5) is 0. The highest BCUT2D eigenvalue weighted by atomic mass is 16.3. The molecule has 0 radical (unpaired) electrons. The van der Waals surface area contributed by atoms with E-state index in [1.54, 1.807) is 0 Å². The number of aliphatic hydroxyl groups is 1. The molecule has 0 aromatic heterocycles. The Kier molecular flexibility index (Phi) is 7.40. The van der Waals surface area contributed by atoms with Gasteiger partial charge in [0.2, 0.25) is 0 Å². The highest BCUT2D eigenvalue weighted by Gasteiger charge is 2.34. The zero-order valence-electron chi connectivity index (χ0n) is 19.7. The van der Waals surface area contributed by atoms with Crippen LogP contribution in [-0.2, 0) is 0 Å². The zero-order chi connectivity index (χ0) is 21.1. The summed E-state index contributed by atoms with van der Waals surface area (Å²) in [7, 11) is 0. The van der Waals surface area contributed by atoms with Crippen LogP contribution >= 0.6 is 0 Å². The van der Waals surface area contributed by atoms with E-state index in [0.29, 0.717) is 0 Å². The van der Waals surface area contributed by atoms with E-state index in [1.807, 2.05) is 0 Å². The molecule has 3 saturated carbocycles. The first kappa shape index (κ1) is 22.1. The Morgan fingerprint density at radius 1 is 0.633 bits per heavy atom. The lowest BCUT2D eigenvalue weighted by atomic mass is 9.65. The molecule has 1 N–H and O–H groups in total. The van der Waals surface area contributed by atoms with Gasteiger partial charge < -0.3 is 5.11 Å². The van der Waals surface area contributed by atoms with Gasteiger partial charge in [0.05, 0.1) is 6.10 Å². The van der Waals surface area contributed by atoms with E-state index >= 15 is 0 Å². The molecule has 0 bridgehead atoms. The maximum atomic E-state index is 9.79. The maximum Gasteiger partial charge on any atom is 0.0540 e. The zero-order valence-corrected chi connectivity index (χ0v) is 19.7. The summed E-state index contributed by atoms with van der Waals surface area (Å²) >= 11 is 0. The molecule has 1 heteroatoms. The van der Waals surface area contributed by atoms with Crippen LogP contribution in [0, 0.1) is 50.4 Å². The molecule has 3 aliphatic carbocycles. The molecule has 3 aliphatic rings. The number of rotatable bonds is 4. The van der Waals surface area contributed by atoms with Crippen molar-refractivity contribution in [2.45, 2.75) is 104 Å². The molecule has 3 fully saturated rings. The highest BCUT2D eigenvalue weighted by Crippen LogP contribution is 2.45. The average Bonchev–Trinajstić information content (AvgIpc) is 2.78. The fraction of sp³-hybridized carbons (Fsp3) is 0.724. The number of hydrogen-bond acceptors (Lipinski definition) is 1. The number of hydrogen-bond donors (Lipinski definition) is 1. The van der Waals surface area contributed by atoms with Crippen molar-refractivity contribution in [2.24, 2.45) is 29.6 Å². The number of allylic oxidation sites excluding steroid dienone is 1. The van der Waals surface area contributed by atoms with Gasteiger partial charge in [0.1, 0.15) is 0 Å². The monoisotopic (exact) mass is 408 g/mol. The Labute approximate surface area is 185 Å². The molecule has 0 atom stereocenters. The fourth-order valence-corrected chi connectivity index (χ4v) is 6.87. The SMILES string of the molecule is Cc1ccc(/C=C/C2CCC(C3CCC(C4CCC(O)CC4)CC3)CC2)c(C)c1C. The van der Waals surface area contributed by atoms with Crippen molar-refractivity contribution in [1.29, 1.82) is 0 Å². The molecule has 1 aromatic rings. The molecule has 1 aromatic carbocycles. The van der Waals surface area contributed by atoms with Gasteiger partial charge >= 0.3 is 0 Å². The molecule has 0 spiro atoms. The summed E-state index contributed by atoms with van der Waals surface area (Å²) in [5, 5.41) is 9.79. The normalized spacial score (nSPS) is 35.6. The summed E-state index contributed by atoms with van der Waals surface area (Å²) < 4.78 is 0. The van der Waals surface area contributed by atoms with Gasteiger partial charge in [-0.05, 0) is 150 Å². The summed E-state index contributed by atoms with van der Waals surface area (Å²) in [5.74, 6) is 4.67. The first-order chi connectivity index (χ1) is 14.5. The molecule has 0 aliphatic heterocycles. The van der Waals surface area contributed by atoms with Gasteiger partial charge in [-0.25, -0.2) is 0 Å². The first-order valence-electron chi connectivity index (χ1n) is 12.9. The second-order valence-corrected chi connectivity index (χ2v) is 11.0. The maximum absolute atomic E-state index is 9.79. The third-order valence-corrected chi connectivity index (χ3v) is 9.36. The van der Waals surface area contributed by atoms with Crippen molar-refractivity contribution < 1.29 is 5.11 Å². The second kappa shape index (κ2) is 10.0. The largest absolute Gasteiger partial charge is 0.393 e. The van der Waals surface area contributed by atoms with Crippen molar-refractivity contribution >= 4 is 6.08 Å². The van der Waals surface area contributed by atoms with E-state index in [1.165, 1.54) is 86.5 Å². The van der Waals surface area contributed by atoms with Gasteiger partial charge in [-0.3, -0.25) is 0 Å². The average molecular weight is 409 g/mol. The van der Waals surface area contributed by atoms with Crippen LogP contribution in [0.5, 0.6) is 0 Å². The molecule has 0 amide bonds. The molecule has 4 rings (SSSR count). The molecular weight excluding hydrogens is 364 g/mol. The van der Waals surface area contributed by atoms with Crippen molar-refractivity contribution in [1.82, 2.24) is 0 Å². The van der Waals surface area contributed by atoms with Gasteiger partial charge in [-0.1, -0.05) is 24.3 Å². The van der Waals surface area contributed by atoms with E-state index in [2.05, 4.69) is 45.1 Å².